The quantitative estimate of drug-likeness (QED) is 0.0450. The van der Waals surface area contributed by atoms with Crippen LogP contribution in [0.1, 0.15) is 330 Å². The van der Waals surface area contributed by atoms with E-state index in [9.17, 15) is 0 Å². The Labute approximate surface area is 386 Å². The Morgan fingerprint density at radius 3 is 0.508 bits per heavy atom. The lowest BCUT2D eigenvalue weighted by atomic mass is 10.0. The van der Waals surface area contributed by atoms with E-state index in [-0.39, 0.29) is 18.7 Å². The first-order valence-electron chi connectivity index (χ1n) is 28.8. The molecule has 0 N–H and O–H groups in total. The number of hydrogen-bond acceptors (Lipinski definition) is 4. The van der Waals surface area contributed by atoms with Gasteiger partial charge in [0.25, 0.3) is 0 Å². The molecule has 368 valence electrons. The Balaban J connectivity index is 4.68. The van der Waals surface area contributed by atoms with E-state index in [0.717, 1.165) is 58.3 Å². The maximum atomic E-state index is 6.75. The molecule has 0 spiro atoms. The van der Waals surface area contributed by atoms with Gasteiger partial charge in [-0.1, -0.05) is 292 Å². The Hall–Kier alpha value is -0.160. The van der Waals surface area contributed by atoms with Crippen molar-refractivity contribution >= 4 is 0 Å². The van der Waals surface area contributed by atoms with Gasteiger partial charge in [-0.25, -0.2) is 4.90 Å². The summed E-state index contributed by atoms with van der Waals surface area (Å²) in [5.41, 5.74) is 0. The fraction of sp³-hybridized carbons (Fsp3) is 1.00. The Morgan fingerprint density at radius 1 is 0.213 bits per heavy atom. The van der Waals surface area contributed by atoms with E-state index in [0.29, 0.717) is 0 Å². The van der Waals surface area contributed by atoms with Gasteiger partial charge in [0.2, 0.25) is 0 Å². The van der Waals surface area contributed by atoms with Crippen LogP contribution in [0, 0.1) is 0 Å². The fourth-order valence-corrected chi connectivity index (χ4v) is 9.35. The minimum absolute atomic E-state index is 0.0459. The standard InChI is InChI=1S/C57H117NO3/c1-7-13-16-19-22-25-28-31-34-37-40-43-46-49-52-59-55(10-4)58(56(11-5)60-53-50-47-44-41-38-35-32-29-26-23-20-17-14-8-2)57(12-6)61-54-51-48-45-42-39-36-33-30-27-24-21-18-15-9-3/h55-57H,7-54H2,1-6H3. The third kappa shape index (κ3) is 42.2. The van der Waals surface area contributed by atoms with Crippen molar-refractivity contribution in [3.8, 4) is 0 Å². The lowest BCUT2D eigenvalue weighted by Crippen LogP contribution is -2.52. The fourth-order valence-electron chi connectivity index (χ4n) is 9.35. The number of hydrogen-bond donors (Lipinski definition) is 0. The summed E-state index contributed by atoms with van der Waals surface area (Å²) >= 11 is 0. The summed E-state index contributed by atoms with van der Waals surface area (Å²) in [7, 11) is 0. The molecule has 0 aliphatic carbocycles. The second-order valence-electron chi connectivity index (χ2n) is 19.4. The number of unbranched alkanes of at least 4 members (excludes halogenated alkanes) is 39. The van der Waals surface area contributed by atoms with Crippen LogP contribution in [0.3, 0.4) is 0 Å². The Morgan fingerprint density at radius 2 is 0.361 bits per heavy atom. The average molecular weight is 865 g/mol. The SMILES string of the molecule is CCCCCCCCCCCCCCCCOC(CC)N(C(CC)OCCCCCCCCCCCCCCCC)C(CC)OCCCCCCCCCCCCCCCC. The van der Waals surface area contributed by atoms with Crippen molar-refractivity contribution in [3.63, 3.8) is 0 Å². The van der Waals surface area contributed by atoms with Crippen LogP contribution in [-0.4, -0.2) is 43.4 Å². The van der Waals surface area contributed by atoms with Gasteiger partial charge < -0.3 is 14.2 Å². The molecule has 3 unspecified atom stereocenters. The second-order valence-corrected chi connectivity index (χ2v) is 19.4. The monoisotopic (exact) mass is 864 g/mol. The van der Waals surface area contributed by atoms with Gasteiger partial charge in [-0.15, -0.1) is 0 Å². The zero-order chi connectivity index (χ0) is 44.4. The van der Waals surface area contributed by atoms with Crippen LogP contribution < -0.4 is 0 Å². The molecule has 61 heavy (non-hydrogen) atoms. The van der Waals surface area contributed by atoms with E-state index >= 15 is 0 Å². The highest BCUT2D eigenvalue weighted by molar-refractivity contribution is 4.72. The Bertz CT molecular complexity index is 678. The van der Waals surface area contributed by atoms with Crippen LogP contribution in [-0.2, 0) is 14.2 Å². The van der Waals surface area contributed by atoms with Gasteiger partial charge in [0.05, 0.1) is 0 Å². The summed E-state index contributed by atoms with van der Waals surface area (Å²) in [6.07, 6.45) is 61.4. The predicted octanol–water partition coefficient (Wildman–Crippen LogP) is 20.0. The third-order valence-electron chi connectivity index (χ3n) is 13.5. The summed E-state index contributed by atoms with van der Waals surface area (Å²) in [6, 6.07) is 0. The highest BCUT2D eigenvalue weighted by Gasteiger charge is 2.32. The molecule has 0 aliphatic rings. The zero-order valence-corrected chi connectivity index (χ0v) is 43.3. The van der Waals surface area contributed by atoms with Crippen molar-refractivity contribution in [3.05, 3.63) is 0 Å². The maximum Gasteiger partial charge on any atom is 0.114 e. The molecule has 0 amide bonds. The van der Waals surface area contributed by atoms with Crippen LogP contribution in [0.15, 0.2) is 0 Å². The van der Waals surface area contributed by atoms with Crippen LogP contribution in [0.2, 0.25) is 0 Å². The van der Waals surface area contributed by atoms with Gasteiger partial charge >= 0.3 is 0 Å². The Kier molecular flexibility index (Phi) is 52.3. The summed E-state index contributed by atoms with van der Waals surface area (Å²) in [5.74, 6) is 0. The predicted molar refractivity (Wildman–Crippen MR) is 273 cm³/mol. The molecule has 0 saturated heterocycles. The smallest absolute Gasteiger partial charge is 0.114 e. The van der Waals surface area contributed by atoms with Gasteiger partial charge in [-0.05, 0) is 38.5 Å². The van der Waals surface area contributed by atoms with Crippen LogP contribution >= 0.6 is 0 Å². The lowest BCUT2D eigenvalue weighted by Gasteiger charge is -2.41. The first-order chi connectivity index (χ1) is 30.2. The molecular weight excluding hydrogens is 747 g/mol. The molecule has 0 saturated carbocycles. The number of nitrogens with zero attached hydrogens (tertiary/aromatic N) is 1. The molecule has 4 nitrogen and oxygen atoms in total. The molecule has 0 aliphatic heterocycles. The minimum Gasteiger partial charge on any atom is -0.363 e. The van der Waals surface area contributed by atoms with Crippen molar-refractivity contribution in [2.75, 3.05) is 19.8 Å². The number of ether oxygens (including phenoxy) is 3. The average Bonchev–Trinajstić information content (AvgIpc) is 3.28. The zero-order valence-electron chi connectivity index (χ0n) is 43.3. The summed E-state index contributed by atoms with van der Waals surface area (Å²) in [4.78, 5) is 2.51. The molecule has 0 fully saturated rings. The van der Waals surface area contributed by atoms with Crippen molar-refractivity contribution < 1.29 is 14.2 Å². The van der Waals surface area contributed by atoms with Crippen LogP contribution in [0.4, 0.5) is 0 Å². The van der Waals surface area contributed by atoms with Gasteiger partial charge in [0.1, 0.15) is 18.7 Å². The van der Waals surface area contributed by atoms with Gasteiger partial charge in [-0.2, -0.15) is 0 Å². The normalized spacial score (nSPS) is 13.4. The van der Waals surface area contributed by atoms with Crippen molar-refractivity contribution in [1.82, 2.24) is 4.90 Å². The van der Waals surface area contributed by atoms with Gasteiger partial charge in [0.15, 0.2) is 0 Å². The minimum atomic E-state index is 0.0459. The topological polar surface area (TPSA) is 30.9 Å². The van der Waals surface area contributed by atoms with Crippen LogP contribution in [0.25, 0.3) is 0 Å². The molecule has 0 radical (unpaired) electrons. The summed E-state index contributed by atoms with van der Waals surface area (Å²) in [5, 5.41) is 0. The highest BCUT2D eigenvalue weighted by atomic mass is 16.6. The first-order valence-corrected chi connectivity index (χ1v) is 28.8. The molecule has 3 atom stereocenters. The van der Waals surface area contributed by atoms with E-state index in [2.05, 4.69) is 46.4 Å². The van der Waals surface area contributed by atoms with E-state index in [4.69, 9.17) is 14.2 Å². The van der Waals surface area contributed by atoms with E-state index < -0.39 is 0 Å². The molecular formula is C57H117NO3. The van der Waals surface area contributed by atoms with Gasteiger partial charge in [0, 0.05) is 19.8 Å². The molecule has 0 aromatic rings. The molecule has 0 aromatic carbocycles. The maximum absolute atomic E-state index is 6.75. The molecule has 0 rings (SSSR count). The summed E-state index contributed by atoms with van der Waals surface area (Å²) < 4.78 is 20.2. The number of rotatable bonds is 54. The van der Waals surface area contributed by atoms with Gasteiger partial charge in [-0.3, -0.25) is 0 Å². The highest BCUT2D eigenvalue weighted by Crippen LogP contribution is 2.24. The molecule has 0 aromatic heterocycles. The molecule has 0 bridgehead atoms. The summed E-state index contributed by atoms with van der Waals surface area (Å²) in [6.45, 7) is 16.3. The van der Waals surface area contributed by atoms with E-state index in [1.165, 1.54) is 250 Å². The van der Waals surface area contributed by atoms with Crippen molar-refractivity contribution in [1.29, 1.82) is 0 Å². The van der Waals surface area contributed by atoms with Crippen molar-refractivity contribution in [2.45, 2.75) is 349 Å². The second kappa shape index (κ2) is 52.5. The first kappa shape index (κ1) is 60.8. The van der Waals surface area contributed by atoms with Crippen molar-refractivity contribution in [2.24, 2.45) is 0 Å². The van der Waals surface area contributed by atoms with E-state index in [1.54, 1.807) is 0 Å². The molecule has 4 heteroatoms. The molecule has 0 heterocycles. The lowest BCUT2D eigenvalue weighted by molar-refractivity contribution is -0.227. The van der Waals surface area contributed by atoms with E-state index in [1.807, 2.05) is 0 Å². The largest absolute Gasteiger partial charge is 0.363 e. The van der Waals surface area contributed by atoms with Crippen LogP contribution in [0.5, 0.6) is 0 Å². The third-order valence-corrected chi connectivity index (χ3v) is 13.5.